The van der Waals surface area contributed by atoms with Crippen LogP contribution in [0.4, 0.5) is 0 Å². The van der Waals surface area contributed by atoms with Crippen LogP contribution in [0.2, 0.25) is 10.0 Å². The van der Waals surface area contributed by atoms with Crippen molar-refractivity contribution in [1.82, 2.24) is 4.57 Å². The maximum Gasteiger partial charge on any atom is 0.152 e. The molecule has 3 aromatic rings. The van der Waals surface area contributed by atoms with Gasteiger partial charge in [-0.1, -0.05) is 47.5 Å². The Morgan fingerprint density at radius 1 is 1.10 bits per heavy atom. The molecule has 1 heterocycles. The van der Waals surface area contributed by atoms with Gasteiger partial charge in [-0.05, 0) is 23.8 Å². The van der Waals surface area contributed by atoms with Crippen molar-refractivity contribution >= 4 is 40.4 Å². The van der Waals surface area contributed by atoms with Gasteiger partial charge in [0.15, 0.2) is 6.29 Å². The lowest BCUT2D eigenvalue weighted by atomic mass is 10.2. The fourth-order valence-corrected chi connectivity index (χ4v) is 2.80. The minimum atomic E-state index is 0.602. The zero-order chi connectivity index (χ0) is 14.1. The van der Waals surface area contributed by atoms with Crippen LogP contribution in [0.1, 0.15) is 15.9 Å². The molecule has 0 spiro atoms. The Hall–Kier alpha value is -1.77. The van der Waals surface area contributed by atoms with E-state index in [1.54, 1.807) is 6.07 Å². The van der Waals surface area contributed by atoms with Crippen LogP contribution in [-0.2, 0) is 6.54 Å². The molecule has 100 valence electrons. The molecular weight excluding hydrogens is 293 g/mol. The highest BCUT2D eigenvalue weighted by atomic mass is 35.5. The number of carbonyl (C=O) groups is 1. The SMILES string of the molecule is O=Cc1cn(Cc2ccc(Cl)cc2Cl)c2ccccc12. The number of fused-ring (bicyclic) bond motifs is 1. The van der Waals surface area contributed by atoms with E-state index in [-0.39, 0.29) is 0 Å². The second-order valence-corrected chi connectivity index (χ2v) is 5.43. The Labute approximate surface area is 126 Å². The molecule has 20 heavy (non-hydrogen) atoms. The summed E-state index contributed by atoms with van der Waals surface area (Å²) in [5.41, 5.74) is 2.67. The first-order valence-electron chi connectivity index (χ1n) is 6.16. The zero-order valence-corrected chi connectivity index (χ0v) is 12.0. The van der Waals surface area contributed by atoms with Gasteiger partial charge in [-0.3, -0.25) is 4.79 Å². The molecule has 0 saturated carbocycles. The molecule has 0 aliphatic rings. The molecule has 2 aromatic carbocycles. The van der Waals surface area contributed by atoms with Gasteiger partial charge < -0.3 is 4.57 Å². The molecule has 0 aliphatic heterocycles. The van der Waals surface area contributed by atoms with E-state index in [2.05, 4.69) is 0 Å². The van der Waals surface area contributed by atoms with Crippen molar-refractivity contribution in [3.63, 3.8) is 0 Å². The van der Waals surface area contributed by atoms with Gasteiger partial charge >= 0.3 is 0 Å². The second-order valence-electron chi connectivity index (χ2n) is 4.58. The van der Waals surface area contributed by atoms with Crippen LogP contribution in [0.15, 0.2) is 48.7 Å². The minimum absolute atomic E-state index is 0.602. The highest BCUT2D eigenvalue weighted by molar-refractivity contribution is 6.35. The van der Waals surface area contributed by atoms with E-state index in [1.165, 1.54) is 0 Å². The highest BCUT2D eigenvalue weighted by Gasteiger charge is 2.09. The quantitative estimate of drug-likeness (QED) is 0.636. The summed E-state index contributed by atoms with van der Waals surface area (Å²) >= 11 is 12.1. The maximum absolute atomic E-state index is 11.1. The lowest BCUT2D eigenvalue weighted by Crippen LogP contribution is -1.98. The van der Waals surface area contributed by atoms with Crippen LogP contribution in [0, 0.1) is 0 Å². The number of carbonyl (C=O) groups excluding carboxylic acids is 1. The number of para-hydroxylation sites is 1. The lowest BCUT2D eigenvalue weighted by molar-refractivity contribution is 0.112. The molecule has 0 N–H and O–H groups in total. The van der Waals surface area contributed by atoms with Gasteiger partial charge in [0.05, 0.1) is 0 Å². The average molecular weight is 304 g/mol. The van der Waals surface area contributed by atoms with Crippen molar-refractivity contribution in [2.45, 2.75) is 6.54 Å². The summed E-state index contributed by atoms with van der Waals surface area (Å²) in [6, 6.07) is 13.3. The number of aldehydes is 1. The van der Waals surface area contributed by atoms with E-state index >= 15 is 0 Å². The molecule has 2 nitrogen and oxygen atoms in total. The number of hydrogen-bond acceptors (Lipinski definition) is 1. The summed E-state index contributed by atoms with van der Waals surface area (Å²) < 4.78 is 2.02. The molecule has 0 bridgehead atoms. The number of nitrogens with zero attached hydrogens (tertiary/aromatic N) is 1. The molecule has 3 rings (SSSR count). The molecule has 0 atom stereocenters. The lowest BCUT2D eigenvalue weighted by Gasteiger charge is -2.08. The predicted octanol–water partition coefficient (Wildman–Crippen LogP) is 4.81. The number of hydrogen-bond donors (Lipinski definition) is 0. The average Bonchev–Trinajstić information content (AvgIpc) is 2.80. The smallest absolute Gasteiger partial charge is 0.152 e. The van der Waals surface area contributed by atoms with Gasteiger partial charge in [-0.25, -0.2) is 0 Å². The molecule has 1 aromatic heterocycles. The van der Waals surface area contributed by atoms with E-state index < -0.39 is 0 Å². The molecule has 0 radical (unpaired) electrons. The first kappa shape index (κ1) is 13.2. The summed E-state index contributed by atoms with van der Waals surface area (Å²) in [6.45, 7) is 0.602. The van der Waals surface area contributed by atoms with Crippen LogP contribution in [0.25, 0.3) is 10.9 Å². The number of rotatable bonds is 3. The Balaban J connectivity index is 2.09. The number of aromatic nitrogens is 1. The molecule has 0 amide bonds. The standard InChI is InChI=1S/C16H11Cl2NO/c17-13-6-5-11(15(18)7-13)8-19-9-12(10-20)14-3-1-2-4-16(14)19/h1-7,9-10H,8H2. The van der Waals surface area contributed by atoms with Crippen LogP contribution in [0.5, 0.6) is 0 Å². The first-order valence-corrected chi connectivity index (χ1v) is 6.91. The largest absolute Gasteiger partial charge is 0.342 e. The zero-order valence-electron chi connectivity index (χ0n) is 10.5. The van der Waals surface area contributed by atoms with Crippen LogP contribution < -0.4 is 0 Å². The molecular formula is C16H11Cl2NO. The van der Waals surface area contributed by atoms with Crippen LogP contribution >= 0.6 is 23.2 Å². The molecule has 0 saturated heterocycles. The second kappa shape index (κ2) is 5.31. The number of benzene rings is 2. The van der Waals surface area contributed by atoms with E-state index in [0.717, 1.165) is 22.8 Å². The Morgan fingerprint density at radius 2 is 1.90 bits per heavy atom. The van der Waals surface area contributed by atoms with Crippen molar-refractivity contribution < 1.29 is 4.79 Å². The van der Waals surface area contributed by atoms with Gasteiger partial charge in [0.25, 0.3) is 0 Å². The molecule has 0 aliphatic carbocycles. The normalized spacial score (nSPS) is 10.9. The van der Waals surface area contributed by atoms with Crippen molar-refractivity contribution in [3.05, 3.63) is 69.8 Å². The van der Waals surface area contributed by atoms with Crippen LogP contribution in [-0.4, -0.2) is 10.9 Å². The molecule has 0 unspecified atom stereocenters. The summed E-state index contributed by atoms with van der Waals surface area (Å²) in [7, 11) is 0. The van der Waals surface area contributed by atoms with E-state index in [1.807, 2.05) is 47.2 Å². The third-order valence-electron chi connectivity index (χ3n) is 3.30. The van der Waals surface area contributed by atoms with Crippen molar-refractivity contribution in [3.8, 4) is 0 Å². The third kappa shape index (κ3) is 2.33. The first-order chi connectivity index (χ1) is 9.69. The van der Waals surface area contributed by atoms with Gasteiger partial charge in [0.1, 0.15) is 0 Å². The fourth-order valence-electron chi connectivity index (χ4n) is 2.33. The van der Waals surface area contributed by atoms with Gasteiger partial charge in [0.2, 0.25) is 0 Å². The Kier molecular flexibility index (Phi) is 3.51. The monoisotopic (exact) mass is 303 g/mol. The summed E-state index contributed by atoms with van der Waals surface area (Å²) in [4.78, 5) is 11.1. The summed E-state index contributed by atoms with van der Waals surface area (Å²) in [5, 5.41) is 2.19. The maximum atomic E-state index is 11.1. The van der Waals surface area contributed by atoms with E-state index in [4.69, 9.17) is 23.2 Å². The topological polar surface area (TPSA) is 22.0 Å². The summed E-state index contributed by atoms with van der Waals surface area (Å²) in [6.07, 6.45) is 2.73. The minimum Gasteiger partial charge on any atom is -0.342 e. The van der Waals surface area contributed by atoms with Gasteiger partial charge in [-0.2, -0.15) is 0 Å². The molecule has 4 heteroatoms. The highest BCUT2D eigenvalue weighted by Crippen LogP contribution is 2.25. The fraction of sp³-hybridized carbons (Fsp3) is 0.0625. The Morgan fingerprint density at radius 3 is 2.65 bits per heavy atom. The van der Waals surface area contributed by atoms with Crippen molar-refractivity contribution in [2.75, 3.05) is 0 Å². The van der Waals surface area contributed by atoms with E-state index in [9.17, 15) is 4.79 Å². The summed E-state index contributed by atoms with van der Waals surface area (Å²) in [5.74, 6) is 0. The van der Waals surface area contributed by atoms with Gasteiger partial charge in [-0.15, -0.1) is 0 Å². The van der Waals surface area contributed by atoms with E-state index in [0.29, 0.717) is 22.2 Å². The Bertz CT molecular complexity index is 792. The molecule has 0 fully saturated rings. The predicted molar refractivity (Wildman–Crippen MR) is 82.9 cm³/mol. The van der Waals surface area contributed by atoms with Crippen molar-refractivity contribution in [1.29, 1.82) is 0 Å². The number of halogens is 2. The van der Waals surface area contributed by atoms with Gasteiger partial charge in [0, 0.05) is 39.3 Å². The third-order valence-corrected chi connectivity index (χ3v) is 3.89. The van der Waals surface area contributed by atoms with Crippen LogP contribution in [0.3, 0.4) is 0 Å². The van der Waals surface area contributed by atoms with Crippen molar-refractivity contribution in [2.24, 2.45) is 0 Å².